The van der Waals surface area contributed by atoms with Gasteiger partial charge in [-0.25, -0.2) is 0 Å². The Bertz CT molecular complexity index is 514. The van der Waals surface area contributed by atoms with Gasteiger partial charge in [0.25, 0.3) is 0 Å². The standard InChI is InChI=1S/C17H26N2OS/c1-4-9-19-17(16(18)20,14-6-7-14)11-21-15-8-5-12(2)10-13(15)3/h5,8,10,14,19H,4,6-7,9,11H2,1-3H3,(H2,18,20). The zero-order valence-corrected chi connectivity index (χ0v) is 14.1. The third kappa shape index (κ3) is 3.80. The predicted octanol–water partition coefficient (Wildman–Crippen LogP) is 3.03. The van der Waals surface area contributed by atoms with Crippen LogP contribution >= 0.6 is 11.8 Å². The fourth-order valence-corrected chi connectivity index (χ4v) is 4.06. The number of aryl methyl sites for hydroxylation is 2. The number of hydrogen-bond donors (Lipinski definition) is 2. The summed E-state index contributed by atoms with van der Waals surface area (Å²) in [5.74, 6) is 0.923. The predicted molar refractivity (Wildman–Crippen MR) is 89.6 cm³/mol. The van der Waals surface area contributed by atoms with E-state index in [-0.39, 0.29) is 5.91 Å². The normalized spacial score (nSPS) is 17.5. The highest BCUT2D eigenvalue weighted by atomic mass is 32.2. The Kier molecular flexibility index (Phi) is 5.33. The van der Waals surface area contributed by atoms with E-state index in [1.807, 2.05) is 0 Å². The molecule has 21 heavy (non-hydrogen) atoms. The van der Waals surface area contributed by atoms with Crippen LogP contribution in [0.1, 0.15) is 37.3 Å². The highest BCUT2D eigenvalue weighted by molar-refractivity contribution is 7.99. The van der Waals surface area contributed by atoms with Crippen LogP contribution < -0.4 is 11.1 Å². The molecule has 2 rings (SSSR count). The van der Waals surface area contributed by atoms with Crippen molar-refractivity contribution in [1.29, 1.82) is 0 Å². The molecule has 1 saturated carbocycles. The molecule has 1 fully saturated rings. The van der Waals surface area contributed by atoms with Crippen LogP contribution in [-0.2, 0) is 4.79 Å². The second-order valence-electron chi connectivity index (χ2n) is 6.09. The van der Waals surface area contributed by atoms with E-state index in [0.29, 0.717) is 5.92 Å². The van der Waals surface area contributed by atoms with E-state index in [4.69, 9.17) is 5.73 Å². The monoisotopic (exact) mass is 306 g/mol. The smallest absolute Gasteiger partial charge is 0.238 e. The molecule has 1 aliphatic rings. The zero-order valence-electron chi connectivity index (χ0n) is 13.2. The van der Waals surface area contributed by atoms with Gasteiger partial charge in [0.2, 0.25) is 5.91 Å². The van der Waals surface area contributed by atoms with Crippen molar-refractivity contribution in [2.45, 2.75) is 50.5 Å². The number of nitrogens with two attached hydrogens (primary N) is 1. The summed E-state index contributed by atoms with van der Waals surface area (Å²) in [6.45, 7) is 7.18. The number of amides is 1. The van der Waals surface area contributed by atoms with Gasteiger partial charge in [-0.1, -0.05) is 24.6 Å². The van der Waals surface area contributed by atoms with Crippen LogP contribution in [0.3, 0.4) is 0 Å². The molecule has 1 aliphatic carbocycles. The lowest BCUT2D eigenvalue weighted by molar-refractivity contribution is -0.124. The minimum atomic E-state index is -0.544. The maximum atomic E-state index is 12.1. The minimum Gasteiger partial charge on any atom is -0.368 e. The summed E-state index contributed by atoms with van der Waals surface area (Å²) in [5.41, 5.74) is 7.76. The van der Waals surface area contributed by atoms with Crippen molar-refractivity contribution < 1.29 is 4.79 Å². The highest BCUT2D eigenvalue weighted by Gasteiger charge is 2.49. The number of primary amides is 1. The lowest BCUT2D eigenvalue weighted by atomic mass is 9.94. The Morgan fingerprint density at radius 1 is 1.43 bits per heavy atom. The number of benzene rings is 1. The summed E-state index contributed by atoms with van der Waals surface area (Å²) in [5, 5.41) is 3.45. The van der Waals surface area contributed by atoms with E-state index >= 15 is 0 Å². The molecule has 1 aromatic carbocycles. The van der Waals surface area contributed by atoms with Gasteiger partial charge in [-0.2, -0.15) is 0 Å². The van der Waals surface area contributed by atoms with Crippen molar-refractivity contribution in [3.63, 3.8) is 0 Å². The van der Waals surface area contributed by atoms with Crippen molar-refractivity contribution in [3.8, 4) is 0 Å². The largest absolute Gasteiger partial charge is 0.368 e. The Morgan fingerprint density at radius 2 is 2.14 bits per heavy atom. The molecule has 116 valence electrons. The number of nitrogens with one attached hydrogen (secondary N) is 1. The van der Waals surface area contributed by atoms with Crippen molar-refractivity contribution in [2.75, 3.05) is 12.3 Å². The number of thioether (sulfide) groups is 1. The fraction of sp³-hybridized carbons (Fsp3) is 0.588. The van der Waals surface area contributed by atoms with Gasteiger partial charge in [-0.15, -0.1) is 11.8 Å². The molecule has 0 aliphatic heterocycles. The Balaban J connectivity index is 2.13. The first-order valence-electron chi connectivity index (χ1n) is 7.74. The molecule has 1 unspecified atom stereocenters. The van der Waals surface area contributed by atoms with Crippen molar-refractivity contribution >= 4 is 17.7 Å². The summed E-state index contributed by atoms with van der Waals surface area (Å²) < 4.78 is 0. The van der Waals surface area contributed by atoms with Crippen LogP contribution in [0, 0.1) is 19.8 Å². The summed E-state index contributed by atoms with van der Waals surface area (Å²) in [6, 6.07) is 6.45. The minimum absolute atomic E-state index is 0.198. The first-order valence-corrected chi connectivity index (χ1v) is 8.73. The average Bonchev–Trinajstić information content (AvgIpc) is 3.25. The van der Waals surface area contributed by atoms with Gasteiger partial charge in [-0.05, 0) is 57.2 Å². The van der Waals surface area contributed by atoms with E-state index in [1.165, 1.54) is 16.0 Å². The van der Waals surface area contributed by atoms with Crippen LogP contribution in [0.15, 0.2) is 23.1 Å². The van der Waals surface area contributed by atoms with Crippen molar-refractivity contribution in [1.82, 2.24) is 5.32 Å². The second kappa shape index (κ2) is 6.84. The summed E-state index contributed by atoms with van der Waals surface area (Å²) >= 11 is 1.75. The Hall–Kier alpha value is -1.00. The van der Waals surface area contributed by atoms with Crippen LogP contribution in [0.25, 0.3) is 0 Å². The van der Waals surface area contributed by atoms with E-state index in [1.54, 1.807) is 11.8 Å². The number of carbonyl (C=O) groups excluding carboxylic acids is 1. The van der Waals surface area contributed by atoms with Crippen molar-refractivity contribution in [2.24, 2.45) is 11.7 Å². The van der Waals surface area contributed by atoms with E-state index < -0.39 is 5.54 Å². The SMILES string of the molecule is CCCNC(CSc1ccc(C)cc1C)(C(N)=O)C1CC1. The summed E-state index contributed by atoms with van der Waals surface area (Å²) in [7, 11) is 0. The molecule has 1 amide bonds. The third-order valence-electron chi connectivity index (χ3n) is 4.19. The van der Waals surface area contributed by atoms with Crippen LogP contribution in [0.4, 0.5) is 0 Å². The van der Waals surface area contributed by atoms with Gasteiger partial charge in [0.1, 0.15) is 5.54 Å². The first-order chi connectivity index (χ1) is 9.99. The lowest BCUT2D eigenvalue weighted by Crippen LogP contribution is -2.59. The second-order valence-corrected chi connectivity index (χ2v) is 7.11. The quantitative estimate of drug-likeness (QED) is 0.726. The molecule has 0 radical (unpaired) electrons. The zero-order chi connectivity index (χ0) is 15.5. The van der Waals surface area contributed by atoms with E-state index in [0.717, 1.165) is 31.6 Å². The molecule has 0 saturated heterocycles. The van der Waals surface area contributed by atoms with Gasteiger partial charge in [0.05, 0.1) is 0 Å². The molecule has 1 atom stereocenters. The lowest BCUT2D eigenvalue weighted by Gasteiger charge is -2.32. The number of rotatable bonds is 8. The Labute approximate surface area is 132 Å². The van der Waals surface area contributed by atoms with Crippen LogP contribution in [0.5, 0.6) is 0 Å². The third-order valence-corrected chi connectivity index (χ3v) is 5.56. The first kappa shape index (κ1) is 16.4. The van der Waals surface area contributed by atoms with Crippen molar-refractivity contribution in [3.05, 3.63) is 29.3 Å². The average molecular weight is 306 g/mol. The Morgan fingerprint density at radius 3 is 2.67 bits per heavy atom. The molecule has 3 N–H and O–H groups in total. The molecule has 4 heteroatoms. The number of carbonyl (C=O) groups is 1. The summed E-state index contributed by atoms with van der Waals surface area (Å²) in [4.78, 5) is 13.4. The van der Waals surface area contributed by atoms with Crippen LogP contribution in [0.2, 0.25) is 0 Å². The maximum Gasteiger partial charge on any atom is 0.238 e. The van der Waals surface area contributed by atoms with Gasteiger partial charge in [0, 0.05) is 10.6 Å². The van der Waals surface area contributed by atoms with Crippen LogP contribution in [-0.4, -0.2) is 23.7 Å². The molecule has 0 aromatic heterocycles. The van der Waals surface area contributed by atoms with E-state index in [2.05, 4.69) is 44.3 Å². The summed E-state index contributed by atoms with van der Waals surface area (Å²) in [6.07, 6.45) is 3.22. The molecule has 1 aromatic rings. The molecule has 0 heterocycles. The van der Waals surface area contributed by atoms with Gasteiger partial charge in [-0.3, -0.25) is 4.79 Å². The molecule has 0 spiro atoms. The molecule has 0 bridgehead atoms. The molecular formula is C17H26N2OS. The molecular weight excluding hydrogens is 280 g/mol. The fourth-order valence-electron chi connectivity index (χ4n) is 2.75. The van der Waals surface area contributed by atoms with Gasteiger partial charge in [0.15, 0.2) is 0 Å². The van der Waals surface area contributed by atoms with E-state index in [9.17, 15) is 4.79 Å². The molecule has 3 nitrogen and oxygen atoms in total. The maximum absolute atomic E-state index is 12.1. The van der Waals surface area contributed by atoms with Gasteiger partial charge < -0.3 is 11.1 Å². The highest BCUT2D eigenvalue weighted by Crippen LogP contribution is 2.42. The number of hydrogen-bond acceptors (Lipinski definition) is 3. The van der Waals surface area contributed by atoms with Gasteiger partial charge >= 0.3 is 0 Å². The topological polar surface area (TPSA) is 55.1 Å².